The molecule has 0 aliphatic carbocycles. The summed E-state index contributed by atoms with van der Waals surface area (Å²) in [6.07, 6.45) is 1.38. The topological polar surface area (TPSA) is 76.2 Å². The predicted molar refractivity (Wildman–Crippen MR) is 75.4 cm³/mol. The van der Waals surface area contributed by atoms with Crippen LogP contribution in [0, 0.1) is 0 Å². The standard InChI is InChI=1S/C13H10Cl2N2O2/c14-9-1-7(2-10(15)5-9)11-6-17-12(16)3-8(11)4-13(18)19/h1-3,5-6H,4H2,(H2,16,17)(H,18,19). The summed E-state index contributed by atoms with van der Waals surface area (Å²) in [5.41, 5.74) is 7.52. The van der Waals surface area contributed by atoms with Crippen molar-refractivity contribution in [2.24, 2.45) is 0 Å². The van der Waals surface area contributed by atoms with Crippen LogP contribution in [0.15, 0.2) is 30.5 Å². The molecular weight excluding hydrogens is 287 g/mol. The largest absolute Gasteiger partial charge is 0.481 e. The molecule has 19 heavy (non-hydrogen) atoms. The molecular formula is C13H10Cl2N2O2. The summed E-state index contributed by atoms with van der Waals surface area (Å²) < 4.78 is 0. The summed E-state index contributed by atoms with van der Waals surface area (Å²) in [5, 5.41) is 9.87. The highest BCUT2D eigenvalue weighted by atomic mass is 35.5. The highest BCUT2D eigenvalue weighted by Gasteiger charge is 2.11. The number of carbonyl (C=O) groups is 1. The van der Waals surface area contributed by atoms with Gasteiger partial charge in [-0.05, 0) is 35.4 Å². The second-order valence-electron chi connectivity index (χ2n) is 3.99. The van der Waals surface area contributed by atoms with Crippen molar-refractivity contribution in [1.82, 2.24) is 4.98 Å². The van der Waals surface area contributed by atoms with Gasteiger partial charge in [-0.15, -0.1) is 0 Å². The lowest BCUT2D eigenvalue weighted by Crippen LogP contribution is -2.04. The van der Waals surface area contributed by atoms with Gasteiger partial charge in [-0.1, -0.05) is 23.2 Å². The molecule has 0 aliphatic rings. The van der Waals surface area contributed by atoms with Crippen LogP contribution in [-0.4, -0.2) is 16.1 Å². The number of halogens is 2. The van der Waals surface area contributed by atoms with Crippen molar-refractivity contribution in [2.45, 2.75) is 6.42 Å². The first-order chi connectivity index (χ1) is 8.95. The van der Waals surface area contributed by atoms with E-state index in [1.807, 2.05) is 0 Å². The van der Waals surface area contributed by atoms with Crippen molar-refractivity contribution in [3.05, 3.63) is 46.1 Å². The van der Waals surface area contributed by atoms with Crippen LogP contribution in [-0.2, 0) is 11.2 Å². The molecule has 4 nitrogen and oxygen atoms in total. The van der Waals surface area contributed by atoms with Crippen molar-refractivity contribution in [1.29, 1.82) is 0 Å². The third-order valence-corrected chi connectivity index (χ3v) is 2.96. The number of carboxylic acids is 1. The molecule has 0 unspecified atom stereocenters. The van der Waals surface area contributed by atoms with Gasteiger partial charge >= 0.3 is 5.97 Å². The van der Waals surface area contributed by atoms with E-state index in [1.54, 1.807) is 18.2 Å². The van der Waals surface area contributed by atoms with Crippen molar-refractivity contribution in [2.75, 3.05) is 5.73 Å². The minimum Gasteiger partial charge on any atom is -0.481 e. The first-order valence-corrected chi connectivity index (χ1v) is 6.14. The van der Waals surface area contributed by atoms with Gasteiger partial charge in [-0.25, -0.2) is 4.98 Å². The van der Waals surface area contributed by atoms with Crippen molar-refractivity contribution < 1.29 is 9.90 Å². The Morgan fingerprint density at radius 2 is 1.84 bits per heavy atom. The normalized spacial score (nSPS) is 10.4. The van der Waals surface area contributed by atoms with Gasteiger partial charge in [0, 0.05) is 21.8 Å². The average Bonchev–Trinajstić information content (AvgIpc) is 2.26. The second-order valence-corrected chi connectivity index (χ2v) is 4.87. The monoisotopic (exact) mass is 296 g/mol. The first kappa shape index (κ1) is 13.6. The lowest BCUT2D eigenvalue weighted by Gasteiger charge is -2.09. The predicted octanol–water partition coefficient (Wildman–Crippen LogP) is 3.26. The highest BCUT2D eigenvalue weighted by molar-refractivity contribution is 6.35. The Bertz CT molecular complexity index is 624. The fraction of sp³-hybridized carbons (Fsp3) is 0.0769. The van der Waals surface area contributed by atoms with E-state index in [2.05, 4.69) is 4.98 Å². The molecule has 0 fully saturated rings. The Morgan fingerprint density at radius 3 is 2.42 bits per heavy atom. The van der Waals surface area contributed by atoms with Crippen LogP contribution in [0.4, 0.5) is 5.82 Å². The number of hydrogen-bond acceptors (Lipinski definition) is 3. The van der Waals surface area contributed by atoms with Gasteiger partial charge < -0.3 is 10.8 Å². The van der Waals surface area contributed by atoms with E-state index in [1.165, 1.54) is 12.3 Å². The van der Waals surface area contributed by atoms with Gasteiger partial charge in [-0.3, -0.25) is 4.79 Å². The Labute approximate surface area is 119 Å². The lowest BCUT2D eigenvalue weighted by atomic mass is 10.00. The SMILES string of the molecule is Nc1cc(CC(=O)O)c(-c2cc(Cl)cc(Cl)c2)cn1. The number of nitrogens with two attached hydrogens (primary N) is 1. The van der Waals surface area contributed by atoms with E-state index in [0.29, 0.717) is 26.7 Å². The van der Waals surface area contributed by atoms with Crippen molar-refractivity contribution >= 4 is 35.0 Å². The third-order valence-electron chi connectivity index (χ3n) is 2.53. The number of nitrogen functional groups attached to an aromatic ring is 1. The van der Waals surface area contributed by atoms with Crippen molar-refractivity contribution in [3.8, 4) is 11.1 Å². The second kappa shape index (κ2) is 5.47. The number of hydrogen-bond donors (Lipinski definition) is 2. The molecule has 0 saturated heterocycles. The number of anilines is 1. The Morgan fingerprint density at radius 1 is 1.21 bits per heavy atom. The number of aliphatic carboxylic acids is 1. The number of nitrogens with zero attached hydrogens (tertiary/aromatic N) is 1. The first-order valence-electron chi connectivity index (χ1n) is 5.38. The van der Waals surface area contributed by atoms with Crippen molar-refractivity contribution in [3.63, 3.8) is 0 Å². The minimum atomic E-state index is -0.944. The zero-order chi connectivity index (χ0) is 14.0. The molecule has 1 aromatic heterocycles. The number of benzene rings is 1. The number of pyridine rings is 1. The van der Waals surface area contributed by atoms with Crippen LogP contribution in [0.1, 0.15) is 5.56 Å². The van der Waals surface area contributed by atoms with E-state index < -0.39 is 5.97 Å². The summed E-state index contributed by atoms with van der Waals surface area (Å²) >= 11 is 11.9. The quantitative estimate of drug-likeness (QED) is 0.911. The maximum Gasteiger partial charge on any atom is 0.307 e. The summed E-state index contributed by atoms with van der Waals surface area (Å²) in [6.45, 7) is 0. The Kier molecular flexibility index (Phi) is 3.93. The molecule has 0 radical (unpaired) electrons. The summed E-state index contributed by atoms with van der Waals surface area (Å²) in [4.78, 5) is 14.9. The molecule has 2 rings (SSSR count). The molecule has 0 saturated carbocycles. The molecule has 0 spiro atoms. The zero-order valence-electron chi connectivity index (χ0n) is 9.73. The summed E-state index contributed by atoms with van der Waals surface area (Å²) in [5.74, 6) is -0.673. The summed E-state index contributed by atoms with van der Waals surface area (Å²) in [6, 6.07) is 6.55. The maximum absolute atomic E-state index is 10.9. The molecule has 0 aliphatic heterocycles. The minimum absolute atomic E-state index is 0.147. The molecule has 2 aromatic rings. The smallest absolute Gasteiger partial charge is 0.307 e. The van der Waals surface area contributed by atoms with Crippen LogP contribution in [0.5, 0.6) is 0 Å². The van der Waals surface area contributed by atoms with Gasteiger partial charge in [0.25, 0.3) is 0 Å². The zero-order valence-corrected chi connectivity index (χ0v) is 11.2. The molecule has 1 heterocycles. The van der Waals surface area contributed by atoms with E-state index in [0.717, 1.165) is 0 Å². The van der Waals surface area contributed by atoms with Gasteiger partial charge in [0.2, 0.25) is 0 Å². The van der Waals surface area contributed by atoms with Gasteiger partial charge in [0.15, 0.2) is 0 Å². The molecule has 0 atom stereocenters. The van der Waals surface area contributed by atoms with Crippen LogP contribution in [0.2, 0.25) is 10.0 Å². The van der Waals surface area contributed by atoms with Crippen LogP contribution in [0.3, 0.4) is 0 Å². The number of rotatable bonds is 3. The number of aromatic nitrogens is 1. The van der Waals surface area contributed by atoms with Crippen LogP contribution >= 0.6 is 23.2 Å². The fourth-order valence-electron chi connectivity index (χ4n) is 1.79. The fourth-order valence-corrected chi connectivity index (χ4v) is 2.32. The van der Waals surface area contributed by atoms with E-state index in [-0.39, 0.29) is 12.2 Å². The molecule has 0 amide bonds. The van der Waals surface area contributed by atoms with Gasteiger partial charge in [0.1, 0.15) is 5.82 Å². The molecule has 6 heteroatoms. The van der Waals surface area contributed by atoms with Gasteiger partial charge in [0.05, 0.1) is 6.42 Å². The maximum atomic E-state index is 10.9. The van der Waals surface area contributed by atoms with Crippen LogP contribution < -0.4 is 5.73 Å². The van der Waals surface area contributed by atoms with E-state index in [4.69, 9.17) is 34.0 Å². The Balaban J connectivity index is 2.57. The summed E-state index contributed by atoms with van der Waals surface area (Å²) in [7, 11) is 0. The lowest BCUT2D eigenvalue weighted by molar-refractivity contribution is -0.136. The number of carboxylic acid groups (broad SMARTS) is 1. The van der Waals surface area contributed by atoms with Gasteiger partial charge in [-0.2, -0.15) is 0 Å². The molecule has 0 bridgehead atoms. The average molecular weight is 297 g/mol. The van der Waals surface area contributed by atoms with Crippen LogP contribution in [0.25, 0.3) is 11.1 Å². The molecule has 98 valence electrons. The molecule has 3 N–H and O–H groups in total. The van der Waals surface area contributed by atoms with E-state index in [9.17, 15) is 4.79 Å². The molecule has 1 aromatic carbocycles. The highest BCUT2D eigenvalue weighted by Crippen LogP contribution is 2.30. The third kappa shape index (κ3) is 3.36. The van der Waals surface area contributed by atoms with E-state index >= 15 is 0 Å². The Hall–Kier alpha value is -1.78.